The molecule has 0 bridgehead atoms. The van der Waals surface area contributed by atoms with E-state index >= 15 is 0 Å². The molecule has 0 spiro atoms. The molecular formula is C32H55N3O4. The van der Waals surface area contributed by atoms with Gasteiger partial charge in [-0.05, 0) is 62.1 Å². The molecule has 2 fully saturated rings. The molecule has 0 N–H and O–H groups in total. The van der Waals surface area contributed by atoms with E-state index in [1.807, 2.05) is 38.7 Å². The van der Waals surface area contributed by atoms with Crippen LogP contribution in [0.5, 0.6) is 11.5 Å². The Labute approximate surface area is 238 Å². The Morgan fingerprint density at radius 1 is 1.00 bits per heavy atom. The summed E-state index contributed by atoms with van der Waals surface area (Å²) in [6.07, 6.45) is 9.00. The molecule has 7 heteroatoms. The predicted molar refractivity (Wildman–Crippen MR) is 159 cm³/mol. The van der Waals surface area contributed by atoms with E-state index in [4.69, 9.17) is 9.47 Å². The molecule has 3 heterocycles. The molecule has 0 saturated carbocycles. The lowest BCUT2D eigenvalue weighted by Gasteiger charge is -2.31. The molecule has 2 unspecified atom stereocenters. The highest BCUT2D eigenvalue weighted by Gasteiger charge is 2.35. The number of fused-ring (bicyclic) bond motifs is 1. The Kier molecular flexibility index (Phi) is 15.3. The third kappa shape index (κ3) is 9.70. The van der Waals surface area contributed by atoms with Crippen molar-refractivity contribution in [1.82, 2.24) is 14.7 Å². The first-order valence-electron chi connectivity index (χ1n) is 15.8. The van der Waals surface area contributed by atoms with Crippen molar-refractivity contribution in [3.05, 3.63) is 23.8 Å². The number of unbranched alkanes of at least 4 members (excludes halogenated alkanes) is 2. The molecular weight excluding hydrogens is 490 g/mol. The first-order chi connectivity index (χ1) is 19.1. The second-order valence-corrected chi connectivity index (χ2v) is 10.3. The smallest absolute Gasteiger partial charge is 0.236 e. The van der Waals surface area contributed by atoms with Crippen molar-refractivity contribution in [1.29, 1.82) is 0 Å². The average Bonchev–Trinajstić information content (AvgIpc) is 3.61. The van der Waals surface area contributed by atoms with Gasteiger partial charge in [-0.15, -0.1) is 0 Å². The molecule has 7 nitrogen and oxygen atoms in total. The Bertz CT molecular complexity index is 854. The van der Waals surface area contributed by atoms with Crippen LogP contribution in [0, 0.1) is 0 Å². The van der Waals surface area contributed by atoms with E-state index in [1.165, 1.54) is 5.56 Å². The van der Waals surface area contributed by atoms with Gasteiger partial charge in [-0.2, -0.15) is 0 Å². The summed E-state index contributed by atoms with van der Waals surface area (Å²) < 4.78 is 11.1. The van der Waals surface area contributed by atoms with Gasteiger partial charge in [0.1, 0.15) is 0 Å². The molecule has 3 aliphatic heterocycles. The summed E-state index contributed by atoms with van der Waals surface area (Å²) in [5.41, 5.74) is 1.25. The van der Waals surface area contributed by atoms with Crippen LogP contribution in [0.1, 0.15) is 111 Å². The van der Waals surface area contributed by atoms with Gasteiger partial charge in [0, 0.05) is 45.2 Å². The predicted octanol–water partition coefficient (Wildman–Crippen LogP) is 6.46. The molecule has 0 aromatic heterocycles. The number of hydrogen-bond acceptors (Lipinski definition) is 5. The van der Waals surface area contributed by atoms with Crippen LogP contribution in [0.15, 0.2) is 18.2 Å². The van der Waals surface area contributed by atoms with E-state index in [1.54, 1.807) is 0 Å². The summed E-state index contributed by atoms with van der Waals surface area (Å²) in [6.45, 7) is 17.3. The molecule has 1 aromatic rings. The largest absolute Gasteiger partial charge is 0.454 e. The zero-order valence-electron chi connectivity index (χ0n) is 25.7. The number of rotatable bonds is 12. The fraction of sp³-hybridized carbons (Fsp3) is 0.750. The lowest BCUT2D eigenvalue weighted by Crippen LogP contribution is -2.44. The molecule has 4 rings (SSSR count). The zero-order chi connectivity index (χ0) is 28.6. The summed E-state index contributed by atoms with van der Waals surface area (Å²) in [5, 5.41) is 0. The van der Waals surface area contributed by atoms with E-state index in [0.29, 0.717) is 24.9 Å². The van der Waals surface area contributed by atoms with Gasteiger partial charge in [-0.25, -0.2) is 0 Å². The monoisotopic (exact) mass is 545 g/mol. The molecule has 2 amide bonds. The minimum atomic E-state index is 0.247. The van der Waals surface area contributed by atoms with Gasteiger partial charge < -0.3 is 19.3 Å². The number of ether oxygens (including phenoxy) is 2. The van der Waals surface area contributed by atoms with Gasteiger partial charge in [0.2, 0.25) is 18.6 Å². The Morgan fingerprint density at radius 2 is 1.69 bits per heavy atom. The van der Waals surface area contributed by atoms with Gasteiger partial charge in [0.25, 0.3) is 0 Å². The highest BCUT2D eigenvalue weighted by molar-refractivity contribution is 5.78. The van der Waals surface area contributed by atoms with Crippen molar-refractivity contribution >= 4 is 11.8 Å². The second kappa shape index (κ2) is 18.1. The van der Waals surface area contributed by atoms with Gasteiger partial charge in [-0.1, -0.05) is 60.5 Å². The van der Waals surface area contributed by atoms with Crippen LogP contribution in [0.3, 0.4) is 0 Å². The summed E-state index contributed by atoms with van der Waals surface area (Å²) in [4.78, 5) is 32.3. The van der Waals surface area contributed by atoms with Crippen LogP contribution >= 0.6 is 0 Å². The summed E-state index contributed by atoms with van der Waals surface area (Å²) >= 11 is 0. The van der Waals surface area contributed by atoms with E-state index in [0.717, 1.165) is 95.6 Å². The number of amides is 2. The summed E-state index contributed by atoms with van der Waals surface area (Å²) in [6, 6.07) is 6.55. The lowest BCUT2D eigenvalue weighted by molar-refractivity contribution is -0.134. The fourth-order valence-corrected chi connectivity index (χ4v) is 5.62. The molecule has 39 heavy (non-hydrogen) atoms. The minimum absolute atomic E-state index is 0.247. The SMILES string of the molecule is CC.CC.CCCCN(CCCC)C(=O)CN1CC(c2ccc3c(c2)OCO3)CC1CCN1CCCCC1=O. The highest BCUT2D eigenvalue weighted by Crippen LogP contribution is 2.39. The first kappa shape index (κ1) is 32.9. The molecule has 2 atom stereocenters. The summed E-state index contributed by atoms with van der Waals surface area (Å²) in [5.74, 6) is 2.50. The Hall–Kier alpha value is -2.28. The third-order valence-corrected chi connectivity index (χ3v) is 7.80. The summed E-state index contributed by atoms with van der Waals surface area (Å²) in [7, 11) is 0. The van der Waals surface area contributed by atoms with Crippen LogP contribution in [-0.4, -0.2) is 78.6 Å². The van der Waals surface area contributed by atoms with Crippen LogP contribution in [0.25, 0.3) is 0 Å². The zero-order valence-corrected chi connectivity index (χ0v) is 25.7. The van der Waals surface area contributed by atoms with Crippen molar-refractivity contribution < 1.29 is 19.1 Å². The first-order valence-corrected chi connectivity index (χ1v) is 15.8. The van der Waals surface area contributed by atoms with Gasteiger partial charge in [0.15, 0.2) is 11.5 Å². The van der Waals surface area contributed by atoms with Crippen LogP contribution in [-0.2, 0) is 9.59 Å². The van der Waals surface area contributed by atoms with Crippen molar-refractivity contribution in [2.24, 2.45) is 0 Å². The van der Waals surface area contributed by atoms with E-state index in [-0.39, 0.29) is 18.6 Å². The minimum Gasteiger partial charge on any atom is -0.454 e. The highest BCUT2D eigenvalue weighted by atomic mass is 16.7. The molecule has 0 radical (unpaired) electrons. The van der Waals surface area contributed by atoms with Crippen molar-refractivity contribution in [3.63, 3.8) is 0 Å². The van der Waals surface area contributed by atoms with Crippen LogP contribution in [0.4, 0.5) is 0 Å². The van der Waals surface area contributed by atoms with E-state index in [2.05, 4.69) is 35.8 Å². The maximum Gasteiger partial charge on any atom is 0.236 e. The number of carbonyl (C=O) groups excluding carboxylic acids is 2. The average molecular weight is 546 g/mol. The maximum atomic E-state index is 13.4. The number of piperidine rings is 1. The van der Waals surface area contributed by atoms with Crippen molar-refractivity contribution in [2.45, 2.75) is 111 Å². The molecule has 2 saturated heterocycles. The maximum absolute atomic E-state index is 13.4. The lowest BCUT2D eigenvalue weighted by atomic mass is 9.95. The van der Waals surface area contributed by atoms with Gasteiger partial charge in [0.05, 0.1) is 6.54 Å². The number of likely N-dealkylation sites (tertiary alicyclic amines) is 2. The van der Waals surface area contributed by atoms with Crippen LogP contribution < -0.4 is 9.47 Å². The third-order valence-electron chi connectivity index (χ3n) is 7.80. The second-order valence-electron chi connectivity index (χ2n) is 10.3. The number of benzene rings is 1. The quantitative estimate of drug-likeness (QED) is 0.302. The van der Waals surface area contributed by atoms with Gasteiger partial charge in [-0.3, -0.25) is 14.5 Å². The van der Waals surface area contributed by atoms with Crippen molar-refractivity contribution in [2.75, 3.05) is 46.1 Å². The van der Waals surface area contributed by atoms with Crippen LogP contribution in [0.2, 0.25) is 0 Å². The fourth-order valence-electron chi connectivity index (χ4n) is 5.62. The molecule has 0 aliphatic carbocycles. The Balaban J connectivity index is 0.00000127. The van der Waals surface area contributed by atoms with E-state index < -0.39 is 0 Å². The number of carbonyl (C=O) groups is 2. The van der Waals surface area contributed by atoms with Crippen molar-refractivity contribution in [3.8, 4) is 11.5 Å². The molecule has 222 valence electrons. The Morgan fingerprint density at radius 3 is 2.36 bits per heavy atom. The molecule has 1 aromatic carbocycles. The van der Waals surface area contributed by atoms with Gasteiger partial charge >= 0.3 is 0 Å². The molecule has 3 aliphatic rings. The number of hydrogen-bond donors (Lipinski definition) is 0. The standard InChI is InChI=1S/C28H43N3O4.2C2H6/c1-3-5-13-29(14-6-4-2)28(33)20-31-19-23(22-10-11-25-26(18-22)35-21-34-25)17-24(31)12-16-30-15-8-7-9-27(30)32;2*1-2/h10-11,18,23-24H,3-9,12-17,19-21H2,1-2H3;2*1-2H3. The normalized spacial score (nSPS) is 20.2. The topological polar surface area (TPSA) is 62.3 Å². The number of nitrogens with zero attached hydrogens (tertiary/aromatic N) is 3. The van der Waals surface area contributed by atoms with E-state index in [9.17, 15) is 9.59 Å².